The summed E-state index contributed by atoms with van der Waals surface area (Å²) in [7, 11) is 0. The van der Waals surface area contributed by atoms with Gasteiger partial charge in [-0.2, -0.15) is 0 Å². The van der Waals surface area contributed by atoms with E-state index in [1.165, 1.54) is 11.3 Å². The molecule has 0 bridgehead atoms. The highest BCUT2D eigenvalue weighted by atomic mass is 32.1. The second-order valence-electron chi connectivity index (χ2n) is 2.81. The van der Waals surface area contributed by atoms with Crippen LogP contribution in [-0.4, -0.2) is 25.0 Å². The Bertz CT molecular complexity index is 483. The van der Waals surface area contributed by atoms with Crippen LogP contribution < -0.4 is 5.32 Å². The van der Waals surface area contributed by atoms with Crippen molar-refractivity contribution in [1.82, 2.24) is 25.0 Å². The van der Waals surface area contributed by atoms with E-state index in [4.69, 9.17) is 12.2 Å². The highest BCUT2D eigenvalue weighted by molar-refractivity contribution is 7.73. The molecule has 0 aromatic carbocycles. The number of aromatic amines is 1. The third-order valence-electron chi connectivity index (χ3n) is 1.87. The van der Waals surface area contributed by atoms with Gasteiger partial charge in [-0.3, -0.25) is 5.10 Å². The lowest BCUT2D eigenvalue weighted by Gasteiger charge is -2.02. The van der Waals surface area contributed by atoms with Gasteiger partial charge in [0.2, 0.25) is 5.13 Å². The molecular weight excluding hydrogens is 232 g/mol. The van der Waals surface area contributed by atoms with E-state index in [9.17, 15) is 0 Å². The number of nitrogens with zero attached hydrogens (tertiary/aromatic N) is 4. The van der Waals surface area contributed by atoms with Gasteiger partial charge in [0.25, 0.3) is 0 Å². The second-order valence-corrected chi connectivity index (χ2v) is 4.47. The standard InChI is InChI=1S/C7H10N6S2/c1-2-13-4-9-10-5(13)3-8-6-11-12-7(14)15-6/h4H,2-3H2,1H3,(H,8,11)(H,12,14). The second kappa shape index (κ2) is 4.49. The fourth-order valence-corrected chi connectivity index (χ4v) is 1.93. The third-order valence-corrected chi connectivity index (χ3v) is 2.92. The van der Waals surface area contributed by atoms with Gasteiger partial charge < -0.3 is 9.88 Å². The molecule has 0 radical (unpaired) electrons. The molecule has 2 N–H and O–H groups in total. The van der Waals surface area contributed by atoms with Gasteiger partial charge in [0.05, 0.1) is 6.54 Å². The van der Waals surface area contributed by atoms with Crippen LogP contribution in [0.1, 0.15) is 12.7 Å². The van der Waals surface area contributed by atoms with Crippen LogP contribution in [0.5, 0.6) is 0 Å². The Morgan fingerprint density at radius 1 is 1.67 bits per heavy atom. The van der Waals surface area contributed by atoms with Gasteiger partial charge in [0.1, 0.15) is 6.33 Å². The minimum absolute atomic E-state index is 0.601. The molecule has 8 heteroatoms. The van der Waals surface area contributed by atoms with Gasteiger partial charge in [-0.15, -0.1) is 15.3 Å². The number of aryl methyl sites for hydroxylation is 1. The summed E-state index contributed by atoms with van der Waals surface area (Å²) in [5.41, 5.74) is 0. The molecule has 0 amide bonds. The summed E-state index contributed by atoms with van der Waals surface area (Å²) in [6.07, 6.45) is 1.71. The predicted octanol–water partition coefficient (Wildman–Crippen LogP) is 1.42. The zero-order chi connectivity index (χ0) is 10.7. The van der Waals surface area contributed by atoms with E-state index in [1.54, 1.807) is 6.33 Å². The monoisotopic (exact) mass is 242 g/mol. The third kappa shape index (κ3) is 2.39. The van der Waals surface area contributed by atoms with Crippen molar-refractivity contribution in [2.45, 2.75) is 20.0 Å². The predicted molar refractivity (Wildman–Crippen MR) is 60.3 cm³/mol. The highest BCUT2D eigenvalue weighted by Gasteiger charge is 2.03. The molecule has 0 spiro atoms. The largest absolute Gasteiger partial charge is 0.353 e. The van der Waals surface area contributed by atoms with Crippen LogP contribution in [0, 0.1) is 3.95 Å². The number of anilines is 1. The quantitative estimate of drug-likeness (QED) is 0.793. The molecule has 2 aromatic rings. The molecule has 15 heavy (non-hydrogen) atoms. The van der Waals surface area contributed by atoms with E-state index in [2.05, 4.69) is 25.7 Å². The zero-order valence-electron chi connectivity index (χ0n) is 8.10. The van der Waals surface area contributed by atoms with Crippen LogP contribution in [0.4, 0.5) is 5.13 Å². The number of H-pyrrole nitrogens is 1. The highest BCUT2D eigenvalue weighted by Crippen LogP contribution is 2.11. The number of nitrogens with one attached hydrogen (secondary N) is 2. The van der Waals surface area contributed by atoms with Crippen LogP contribution in [0.2, 0.25) is 0 Å². The maximum Gasteiger partial charge on any atom is 0.204 e. The Morgan fingerprint density at radius 3 is 3.20 bits per heavy atom. The first-order valence-corrected chi connectivity index (χ1v) is 5.68. The molecule has 0 atom stereocenters. The summed E-state index contributed by atoms with van der Waals surface area (Å²) in [6, 6.07) is 0. The molecule has 0 fully saturated rings. The fourth-order valence-electron chi connectivity index (χ4n) is 1.14. The number of aromatic nitrogens is 5. The maximum atomic E-state index is 4.92. The van der Waals surface area contributed by atoms with Crippen molar-refractivity contribution >= 4 is 28.7 Å². The van der Waals surface area contributed by atoms with E-state index >= 15 is 0 Å². The SMILES string of the molecule is CCn1cnnc1CNc1n[nH]c(=S)s1. The average molecular weight is 242 g/mol. The normalized spacial score (nSPS) is 10.5. The lowest BCUT2D eigenvalue weighted by atomic mass is 10.5. The smallest absolute Gasteiger partial charge is 0.204 e. The summed E-state index contributed by atoms with van der Waals surface area (Å²) < 4.78 is 2.63. The Morgan fingerprint density at radius 2 is 2.53 bits per heavy atom. The Labute approximate surface area is 95.4 Å². The molecule has 2 rings (SSSR count). The van der Waals surface area contributed by atoms with Crippen molar-refractivity contribution in [3.63, 3.8) is 0 Å². The van der Waals surface area contributed by atoms with Crippen molar-refractivity contribution in [3.05, 3.63) is 16.1 Å². The number of hydrogen-bond donors (Lipinski definition) is 2. The van der Waals surface area contributed by atoms with Crippen molar-refractivity contribution in [2.24, 2.45) is 0 Å². The first-order valence-electron chi connectivity index (χ1n) is 4.45. The van der Waals surface area contributed by atoms with E-state index in [0.717, 1.165) is 17.5 Å². The van der Waals surface area contributed by atoms with Crippen LogP contribution in [0.25, 0.3) is 0 Å². The molecule has 80 valence electrons. The van der Waals surface area contributed by atoms with Gasteiger partial charge in [-0.25, -0.2) is 0 Å². The molecule has 0 unspecified atom stereocenters. The summed E-state index contributed by atoms with van der Waals surface area (Å²) in [5.74, 6) is 0.888. The van der Waals surface area contributed by atoms with E-state index in [-0.39, 0.29) is 0 Å². The Balaban J connectivity index is 2.01. The van der Waals surface area contributed by atoms with Crippen LogP contribution in [-0.2, 0) is 13.1 Å². The summed E-state index contributed by atoms with van der Waals surface area (Å²) in [6.45, 7) is 3.51. The van der Waals surface area contributed by atoms with Gasteiger partial charge in [-0.05, 0) is 19.1 Å². The molecule has 0 aliphatic heterocycles. The first-order chi connectivity index (χ1) is 7.29. The van der Waals surface area contributed by atoms with E-state index in [1.807, 2.05) is 11.5 Å². The maximum absolute atomic E-state index is 4.92. The van der Waals surface area contributed by atoms with Crippen LogP contribution >= 0.6 is 23.6 Å². The van der Waals surface area contributed by atoms with Crippen molar-refractivity contribution in [1.29, 1.82) is 0 Å². The van der Waals surface area contributed by atoms with E-state index in [0.29, 0.717) is 10.5 Å². The summed E-state index contributed by atoms with van der Waals surface area (Å²) in [5, 5.41) is 18.4. The lowest BCUT2D eigenvalue weighted by Crippen LogP contribution is -2.07. The first kappa shape index (κ1) is 10.2. The van der Waals surface area contributed by atoms with Crippen LogP contribution in [0.3, 0.4) is 0 Å². The molecule has 0 aliphatic carbocycles. The van der Waals surface area contributed by atoms with Gasteiger partial charge in [-0.1, -0.05) is 11.3 Å². The van der Waals surface area contributed by atoms with Crippen molar-refractivity contribution in [3.8, 4) is 0 Å². The van der Waals surface area contributed by atoms with Gasteiger partial charge in [0.15, 0.2) is 9.78 Å². The summed E-state index contributed by atoms with van der Waals surface area (Å²) in [4.78, 5) is 0. The van der Waals surface area contributed by atoms with Crippen LogP contribution in [0.15, 0.2) is 6.33 Å². The van der Waals surface area contributed by atoms with Gasteiger partial charge >= 0.3 is 0 Å². The molecule has 6 nitrogen and oxygen atoms in total. The Kier molecular flexibility index (Phi) is 3.07. The van der Waals surface area contributed by atoms with Crippen molar-refractivity contribution < 1.29 is 0 Å². The minimum Gasteiger partial charge on any atom is -0.353 e. The zero-order valence-corrected chi connectivity index (χ0v) is 9.73. The molecule has 0 saturated carbocycles. The number of hydrogen-bond acceptors (Lipinski definition) is 6. The fraction of sp³-hybridized carbons (Fsp3) is 0.429. The summed E-state index contributed by atoms with van der Waals surface area (Å²) >= 11 is 6.33. The topological polar surface area (TPSA) is 71.4 Å². The van der Waals surface area contributed by atoms with Gasteiger partial charge in [0, 0.05) is 6.54 Å². The van der Waals surface area contributed by atoms with Crippen molar-refractivity contribution in [2.75, 3.05) is 5.32 Å². The molecule has 0 aliphatic rings. The average Bonchev–Trinajstić information content (AvgIpc) is 2.83. The molecule has 2 heterocycles. The molecule has 0 saturated heterocycles. The minimum atomic E-state index is 0.601. The molecule has 2 aromatic heterocycles. The lowest BCUT2D eigenvalue weighted by molar-refractivity contribution is 0.707. The number of rotatable bonds is 4. The Hall–Kier alpha value is -1.28. The molecular formula is C7H10N6S2. The van der Waals surface area contributed by atoms with E-state index < -0.39 is 0 Å².